The Morgan fingerprint density at radius 2 is 1.67 bits per heavy atom. The summed E-state index contributed by atoms with van der Waals surface area (Å²) in [6.07, 6.45) is 4.76. The minimum atomic E-state index is -0.503. The summed E-state index contributed by atoms with van der Waals surface area (Å²) < 4.78 is 10.3. The Balaban J connectivity index is 2.44. The molecule has 0 aliphatic heterocycles. The normalized spacial score (nSPS) is 11.9. The molecule has 0 amide bonds. The van der Waals surface area contributed by atoms with Gasteiger partial charge in [0, 0.05) is 24.2 Å². The van der Waals surface area contributed by atoms with Gasteiger partial charge in [0.15, 0.2) is 0 Å². The van der Waals surface area contributed by atoms with Crippen molar-refractivity contribution in [3.8, 4) is 11.8 Å². The molecule has 2 aromatic heterocycles. The van der Waals surface area contributed by atoms with Gasteiger partial charge >= 0.3 is 0 Å². The Kier molecular flexibility index (Phi) is 3.69. The minimum absolute atomic E-state index is 0.399. The molecule has 0 saturated heterocycles. The second-order valence-corrected chi connectivity index (χ2v) is 3.53. The SMILES string of the molecule is COc1ncccc1C(N)c1nccnc1OC. The van der Waals surface area contributed by atoms with E-state index >= 15 is 0 Å². The maximum atomic E-state index is 6.17. The first-order valence-electron chi connectivity index (χ1n) is 5.37. The van der Waals surface area contributed by atoms with Crippen molar-refractivity contribution in [1.82, 2.24) is 15.0 Å². The van der Waals surface area contributed by atoms with Gasteiger partial charge < -0.3 is 15.2 Å². The molecule has 1 atom stereocenters. The van der Waals surface area contributed by atoms with E-state index in [1.54, 1.807) is 31.8 Å². The van der Waals surface area contributed by atoms with Crippen molar-refractivity contribution in [2.75, 3.05) is 14.2 Å². The zero-order valence-electron chi connectivity index (χ0n) is 10.2. The zero-order chi connectivity index (χ0) is 13.0. The van der Waals surface area contributed by atoms with Crippen LogP contribution in [-0.2, 0) is 0 Å². The number of hydrogen-bond acceptors (Lipinski definition) is 6. The van der Waals surface area contributed by atoms with Crippen LogP contribution in [0.2, 0.25) is 0 Å². The van der Waals surface area contributed by atoms with Crippen molar-refractivity contribution in [3.63, 3.8) is 0 Å². The predicted octanol–water partition coefficient (Wildman–Crippen LogP) is 0.937. The van der Waals surface area contributed by atoms with E-state index in [9.17, 15) is 0 Å². The first kappa shape index (κ1) is 12.3. The Morgan fingerprint density at radius 1 is 1.00 bits per heavy atom. The summed E-state index contributed by atoms with van der Waals surface area (Å²) >= 11 is 0. The number of ether oxygens (including phenoxy) is 2. The summed E-state index contributed by atoms with van der Waals surface area (Å²) in [6.45, 7) is 0. The van der Waals surface area contributed by atoms with Crippen molar-refractivity contribution >= 4 is 0 Å². The first-order valence-corrected chi connectivity index (χ1v) is 5.37. The summed E-state index contributed by atoms with van der Waals surface area (Å²) in [7, 11) is 3.08. The zero-order valence-corrected chi connectivity index (χ0v) is 10.2. The monoisotopic (exact) mass is 246 g/mol. The largest absolute Gasteiger partial charge is 0.481 e. The van der Waals surface area contributed by atoms with Crippen molar-refractivity contribution in [2.24, 2.45) is 5.73 Å². The Hall–Kier alpha value is -2.21. The number of rotatable bonds is 4. The van der Waals surface area contributed by atoms with Crippen molar-refractivity contribution in [2.45, 2.75) is 6.04 Å². The van der Waals surface area contributed by atoms with Crippen LogP contribution in [0.5, 0.6) is 11.8 Å². The maximum absolute atomic E-state index is 6.17. The van der Waals surface area contributed by atoms with Gasteiger partial charge in [0.25, 0.3) is 0 Å². The van der Waals surface area contributed by atoms with Crippen LogP contribution in [0.4, 0.5) is 0 Å². The fourth-order valence-corrected chi connectivity index (χ4v) is 1.66. The molecule has 2 aromatic rings. The number of nitrogens with two attached hydrogens (primary N) is 1. The molecule has 2 rings (SSSR count). The second-order valence-electron chi connectivity index (χ2n) is 3.53. The third-order valence-electron chi connectivity index (χ3n) is 2.51. The molecule has 0 radical (unpaired) electrons. The third-order valence-corrected chi connectivity index (χ3v) is 2.51. The van der Waals surface area contributed by atoms with Crippen LogP contribution in [0.15, 0.2) is 30.7 Å². The van der Waals surface area contributed by atoms with E-state index in [4.69, 9.17) is 15.2 Å². The molecule has 0 spiro atoms. The summed E-state index contributed by atoms with van der Waals surface area (Å²) in [5.41, 5.74) is 7.45. The number of aromatic nitrogens is 3. The lowest BCUT2D eigenvalue weighted by Crippen LogP contribution is -2.16. The van der Waals surface area contributed by atoms with Crippen molar-refractivity contribution in [1.29, 1.82) is 0 Å². The molecule has 0 saturated carbocycles. The fraction of sp³-hybridized carbons (Fsp3) is 0.250. The molecule has 0 aliphatic rings. The highest BCUT2D eigenvalue weighted by Crippen LogP contribution is 2.28. The average molecular weight is 246 g/mol. The van der Waals surface area contributed by atoms with E-state index in [0.29, 0.717) is 17.5 Å². The summed E-state index contributed by atoms with van der Waals surface area (Å²) in [5.74, 6) is 0.869. The molecule has 6 nitrogen and oxygen atoms in total. The Morgan fingerprint density at radius 3 is 2.39 bits per heavy atom. The predicted molar refractivity (Wildman–Crippen MR) is 65.4 cm³/mol. The quantitative estimate of drug-likeness (QED) is 0.864. The molecule has 0 aliphatic carbocycles. The highest BCUT2D eigenvalue weighted by atomic mass is 16.5. The summed E-state index contributed by atoms with van der Waals surface area (Å²) in [6, 6.07) is 3.13. The van der Waals surface area contributed by atoms with Crippen LogP contribution in [0.25, 0.3) is 0 Å². The molecule has 2 N–H and O–H groups in total. The van der Waals surface area contributed by atoms with Crippen molar-refractivity contribution < 1.29 is 9.47 Å². The van der Waals surface area contributed by atoms with Crippen LogP contribution in [0.1, 0.15) is 17.3 Å². The van der Waals surface area contributed by atoms with E-state index in [1.807, 2.05) is 6.07 Å². The van der Waals surface area contributed by atoms with Crippen LogP contribution in [0.3, 0.4) is 0 Å². The number of methoxy groups -OCH3 is 2. The maximum Gasteiger partial charge on any atom is 0.237 e. The lowest BCUT2D eigenvalue weighted by Gasteiger charge is -2.15. The second kappa shape index (κ2) is 5.42. The molecule has 6 heteroatoms. The van der Waals surface area contributed by atoms with E-state index < -0.39 is 6.04 Å². The standard InChI is InChI=1S/C12H14N4O2/c1-17-11-8(4-3-5-15-11)9(13)10-12(18-2)16-7-6-14-10/h3-7,9H,13H2,1-2H3. The molecule has 18 heavy (non-hydrogen) atoms. The summed E-state index contributed by atoms with van der Waals surface area (Å²) in [5, 5.41) is 0. The number of pyridine rings is 1. The molecule has 0 bridgehead atoms. The van der Waals surface area contributed by atoms with Crippen LogP contribution in [0, 0.1) is 0 Å². The van der Waals surface area contributed by atoms with Crippen LogP contribution < -0.4 is 15.2 Å². The number of hydrogen-bond donors (Lipinski definition) is 1. The van der Waals surface area contributed by atoms with E-state index in [0.717, 1.165) is 5.56 Å². The van der Waals surface area contributed by atoms with E-state index in [-0.39, 0.29) is 0 Å². The highest BCUT2D eigenvalue weighted by molar-refractivity contribution is 5.37. The van der Waals surface area contributed by atoms with Gasteiger partial charge in [0.05, 0.1) is 20.3 Å². The average Bonchev–Trinajstić information content (AvgIpc) is 2.46. The third kappa shape index (κ3) is 2.23. The topological polar surface area (TPSA) is 83.2 Å². The fourth-order valence-electron chi connectivity index (χ4n) is 1.66. The van der Waals surface area contributed by atoms with E-state index in [2.05, 4.69) is 15.0 Å². The van der Waals surface area contributed by atoms with Gasteiger partial charge in [-0.1, -0.05) is 6.07 Å². The van der Waals surface area contributed by atoms with Crippen molar-refractivity contribution in [3.05, 3.63) is 42.0 Å². The molecule has 1 unspecified atom stereocenters. The molecular weight excluding hydrogens is 232 g/mol. The molecule has 2 heterocycles. The van der Waals surface area contributed by atoms with Gasteiger partial charge in [-0.05, 0) is 6.07 Å². The van der Waals surface area contributed by atoms with Gasteiger partial charge in [-0.25, -0.2) is 9.97 Å². The van der Waals surface area contributed by atoms with Gasteiger partial charge in [-0.15, -0.1) is 0 Å². The first-order chi connectivity index (χ1) is 8.77. The Labute approximate surface area is 105 Å². The van der Waals surface area contributed by atoms with Crippen LogP contribution in [-0.4, -0.2) is 29.2 Å². The molecule has 0 fully saturated rings. The lowest BCUT2D eigenvalue weighted by molar-refractivity contribution is 0.380. The smallest absolute Gasteiger partial charge is 0.237 e. The van der Waals surface area contributed by atoms with Crippen LogP contribution >= 0.6 is 0 Å². The highest BCUT2D eigenvalue weighted by Gasteiger charge is 2.20. The summed E-state index contributed by atoms with van der Waals surface area (Å²) in [4.78, 5) is 12.4. The molecular formula is C12H14N4O2. The van der Waals surface area contributed by atoms with Gasteiger partial charge in [-0.3, -0.25) is 4.98 Å². The minimum Gasteiger partial charge on any atom is -0.481 e. The lowest BCUT2D eigenvalue weighted by atomic mass is 10.1. The molecule has 0 aromatic carbocycles. The number of nitrogens with zero attached hydrogens (tertiary/aromatic N) is 3. The Bertz CT molecular complexity index is 485. The van der Waals surface area contributed by atoms with Gasteiger partial charge in [0.1, 0.15) is 5.69 Å². The van der Waals surface area contributed by atoms with Gasteiger partial charge in [-0.2, -0.15) is 0 Å². The van der Waals surface area contributed by atoms with Gasteiger partial charge in [0.2, 0.25) is 11.8 Å². The molecule has 94 valence electrons. The van der Waals surface area contributed by atoms with E-state index in [1.165, 1.54) is 7.11 Å².